The standard InChI is InChI=1S/C14H25NO3/c1-11-13(2,4-8-17-11)15-12-3-6-18-14(9-12)5-7-16-10-14/h11-12,15H,3-10H2,1-2H3. The lowest BCUT2D eigenvalue weighted by Crippen LogP contribution is -2.57. The van der Waals surface area contributed by atoms with Gasteiger partial charge in [0.25, 0.3) is 0 Å². The summed E-state index contributed by atoms with van der Waals surface area (Å²) >= 11 is 0. The second-order valence-electron chi connectivity index (χ2n) is 6.35. The molecule has 0 aromatic heterocycles. The van der Waals surface area contributed by atoms with Gasteiger partial charge in [0, 0.05) is 37.8 Å². The van der Waals surface area contributed by atoms with E-state index in [1.54, 1.807) is 0 Å². The lowest BCUT2D eigenvalue weighted by atomic mass is 9.86. The number of hydrogen-bond donors (Lipinski definition) is 1. The van der Waals surface area contributed by atoms with Gasteiger partial charge in [0.2, 0.25) is 0 Å². The smallest absolute Gasteiger partial charge is 0.0951 e. The molecule has 0 aromatic rings. The highest BCUT2D eigenvalue weighted by molar-refractivity contribution is 4.99. The summed E-state index contributed by atoms with van der Waals surface area (Å²) in [5.74, 6) is 0. The van der Waals surface area contributed by atoms with Crippen LogP contribution in [0.3, 0.4) is 0 Å². The van der Waals surface area contributed by atoms with E-state index in [9.17, 15) is 0 Å². The van der Waals surface area contributed by atoms with E-state index in [4.69, 9.17) is 14.2 Å². The summed E-state index contributed by atoms with van der Waals surface area (Å²) in [6, 6.07) is 0.537. The minimum absolute atomic E-state index is 0.00498. The van der Waals surface area contributed by atoms with E-state index in [-0.39, 0.29) is 11.1 Å². The molecule has 18 heavy (non-hydrogen) atoms. The molecule has 4 unspecified atom stereocenters. The van der Waals surface area contributed by atoms with Gasteiger partial charge < -0.3 is 19.5 Å². The molecule has 0 aromatic carbocycles. The van der Waals surface area contributed by atoms with Crippen LogP contribution in [-0.2, 0) is 14.2 Å². The second-order valence-corrected chi connectivity index (χ2v) is 6.35. The zero-order valence-corrected chi connectivity index (χ0v) is 11.5. The van der Waals surface area contributed by atoms with Gasteiger partial charge in [-0.3, -0.25) is 0 Å². The van der Waals surface area contributed by atoms with Gasteiger partial charge in [0.1, 0.15) is 0 Å². The molecule has 4 nitrogen and oxygen atoms in total. The van der Waals surface area contributed by atoms with Gasteiger partial charge in [-0.15, -0.1) is 0 Å². The Labute approximate surface area is 109 Å². The lowest BCUT2D eigenvalue weighted by molar-refractivity contribution is -0.0932. The van der Waals surface area contributed by atoms with Crippen molar-refractivity contribution in [2.75, 3.05) is 26.4 Å². The molecule has 3 saturated heterocycles. The highest BCUT2D eigenvalue weighted by atomic mass is 16.6. The molecular weight excluding hydrogens is 230 g/mol. The Balaban J connectivity index is 1.62. The third kappa shape index (κ3) is 2.31. The molecule has 0 saturated carbocycles. The molecule has 3 fully saturated rings. The summed E-state index contributed by atoms with van der Waals surface area (Å²) in [6.07, 6.45) is 4.64. The summed E-state index contributed by atoms with van der Waals surface area (Å²) in [6.45, 7) is 7.82. The van der Waals surface area contributed by atoms with Gasteiger partial charge in [-0.2, -0.15) is 0 Å². The van der Waals surface area contributed by atoms with E-state index in [0.29, 0.717) is 12.1 Å². The van der Waals surface area contributed by atoms with Crippen LogP contribution >= 0.6 is 0 Å². The first-order valence-electron chi connectivity index (χ1n) is 7.23. The van der Waals surface area contributed by atoms with Crippen LogP contribution in [0.25, 0.3) is 0 Å². The zero-order valence-electron chi connectivity index (χ0n) is 11.5. The molecule has 0 amide bonds. The van der Waals surface area contributed by atoms with E-state index in [0.717, 1.165) is 52.1 Å². The summed E-state index contributed by atoms with van der Waals surface area (Å²) < 4.78 is 17.2. The van der Waals surface area contributed by atoms with Gasteiger partial charge in [-0.05, 0) is 33.1 Å². The Kier molecular flexibility index (Phi) is 3.39. The van der Waals surface area contributed by atoms with Gasteiger partial charge in [0.05, 0.1) is 18.3 Å². The number of rotatable bonds is 2. The fourth-order valence-corrected chi connectivity index (χ4v) is 3.51. The fraction of sp³-hybridized carbons (Fsp3) is 1.00. The van der Waals surface area contributed by atoms with Gasteiger partial charge in [-0.25, -0.2) is 0 Å². The maximum Gasteiger partial charge on any atom is 0.0951 e. The van der Waals surface area contributed by atoms with Crippen molar-refractivity contribution in [2.45, 2.75) is 62.8 Å². The molecule has 0 bridgehead atoms. The van der Waals surface area contributed by atoms with Gasteiger partial charge in [0.15, 0.2) is 0 Å². The van der Waals surface area contributed by atoms with Crippen molar-refractivity contribution in [3.8, 4) is 0 Å². The van der Waals surface area contributed by atoms with Crippen LogP contribution in [0, 0.1) is 0 Å². The predicted molar refractivity (Wildman–Crippen MR) is 68.7 cm³/mol. The average Bonchev–Trinajstić information content (AvgIpc) is 2.89. The van der Waals surface area contributed by atoms with Crippen molar-refractivity contribution in [3.63, 3.8) is 0 Å². The van der Waals surface area contributed by atoms with Crippen molar-refractivity contribution in [3.05, 3.63) is 0 Å². The maximum atomic E-state index is 5.98. The molecule has 3 aliphatic heterocycles. The van der Waals surface area contributed by atoms with Crippen molar-refractivity contribution >= 4 is 0 Å². The first kappa shape index (κ1) is 12.9. The molecule has 0 radical (unpaired) electrons. The van der Waals surface area contributed by atoms with Crippen LogP contribution in [0.15, 0.2) is 0 Å². The van der Waals surface area contributed by atoms with Crippen molar-refractivity contribution < 1.29 is 14.2 Å². The molecule has 4 heteroatoms. The molecule has 1 spiro atoms. The van der Waals surface area contributed by atoms with Crippen molar-refractivity contribution in [1.82, 2.24) is 5.32 Å². The Morgan fingerprint density at radius 1 is 1.17 bits per heavy atom. The van der Waals surface area contributed by atoms with Crippen LogP contribution in [-0.4, -0.2) is 49.7 Å². The Bertz CT molecular complexity index is 303. The Morgan fingerprint density at radius 3 is 2.72 bits per heavy atom. The Hall–Kier alpha value is -0.160. The van der Waals surface area contributed by atoms with E-state index < -0.39 is 0 Å². The predicted octanol–water partition coefficient (Wildman–Crippen LogP) is 1.48. The molecule has 0 aliphatic carbocycles. The summed E-state index contributed by atoms with van der Waals surface area (Å²) in [5, 5.41) is 3.83. The Morgan fingerprint density at radius 2 is 2.06 bits per heavy atom. The van der Waals surface area contributed by atoms with E-state index in [1.807, 2.05) is 0 Å². The van der Waals surface area contributed by atoms with E-state index >= 15 is 0 Å². The third-order valence-electron chi connectivity index (χ3n) is 4.98. The van der Waals surface area contributed by atoms with Gasteiger partial charge >= 0.3 is 0 Å². The zero-order chi connectivity index (χ0) is 12.6. The van der Waals surface area contributed by atoms with Crippen LogP contribution in [0.1, 0.15) is 39.5 Å². The summed E-state index contributed by atoms with van der Waals surface area (Å²) in [7, 11) is 0. The molecule has 3 aliphatic rings. The molecule has 1 N–H and O–H groups in total. The summed E-state index contributed by atoms with van der Waals surface area (Å²) in [4.78, 5) is 0. The number of nitrogens with one attached hydrogen (secondary N) is 1. The minimum atomic E-state index is -0.00498. The SMILES string of the molecule is CC1OCCC1(C)NC1CCOC2(CCOC2)C1. The topological polar surface area (TPSA) is 39.7 Å². The highest BCUT2D eigenvalue weighted by Gasteiger charge is 2.44. The highest BCUT2D eigenvalue weighted by Crippen LogP contribution is 2.35. The maximum absolute atomic E-state index is 5.98. The van der Waals surface area contributed by atoms with Crippen LogP contribution < -0.4 is 5.32 Å². The molecule has 4 atom stereocenters. The van der Waals surface area contributed by atoms with Gasteiger partial charge in [-0.1, -0.05) is 0 Å². The average molecular weight is 255 g/mol. The van der Waals surface area contributed by atoms with E-state index in [2.05, 4.69) is 19.2 Å². The normalized spacial score (nSPS) is 49.0. The van der Waals surface area contributed by atoms with Crippen molar-refractivity contribution in [1.29, 1.82) is 0 Å². The molecule has 3 rings (SSSR count). The van der Waals surface area contributed by atoms with Crippen LogP contribution in [0.4, 0.5) is 0 Å². The first-order chi connectivity index (χ1) is 8.62. The van der Waals surface area contributed by atoms with E-state index in [1.165, 1.54) is 0 Å². The fourth-order valence-electron chi connectivity index (χ4n) is 3.51. The molecular formula is C14H25NO3. The monoisotopic (exact) mass is 255 g/mol. The molecule has 3 heterocycles. The number of hydrogen-bond acceptors (Lipinski definition) is 4. The number of ether oxygens (including phenoxy) is 3. The quantitative estimate of drug-likeness (QED) is 0.811. The first-order valence-corrected chi connectivity index (χ1v) is 7.23. The van der Waals surface area contributed by atoms with Crippen LogP contribution in [0.5, 0.6) is 0 Å². The minimum Gasteiger partial charge on any atom is -0.378 e. The van der Waals surface area contributed by atoms with Crippen molar-refractivity contribution in [2.24, 2.45) is 0 Å². The third-order valence-corrected chi connectivity index (χ3v) is 4.98. The second kappa shape index (κ2) is 4.75. The molecule has 104 valence electrons. The van der Waals surface area contributed by atoms with Crippen LogP contribution in [0.2, 0.25) is 0 Å². The summed E-state index contributed by atoms with van der Waals surface area (Å²) in [5.41, 5.74) is 0.123. The lowest BCUT2D eigenvalue weighted by Gasteiger charge is -2.41. The largest absolute Gasteiger partial charge is 0.378 e.